The number of anilines is 1. The van der Waals surface area contributed by atoms with Gasteiger partial charge in [0.2, 0.25) is 0 Å². The Morgan fingerprint density at radius 2 is 2.05 bits per heavy atom. The number of nitrogens with one attached hydrogen (secondary N) is 2. The second-order valence-corrected chi connectivity index (χ2v) is 5.26. The van der Waals surface area contributed by atoms with E-state index in [1.807, 2.05) is 24.5 Å². The van der Waals surface area contributed by atoms with Gasteiger partial charge in [0, 0.05) is 18.7 Å². The lowest BCUT2D eigenvalue weighted by atomic mass is 10.1. The second kappa shape index (κ2) is 9.25. The molecule has 0 unspecified atom stereocenters. The molecule has 0 aliphatic heterocycles. The SMILES string of the molecule is CSCCCNC(=O)Nc1ccccc1CCC(=O)O. The predicted molar refractivity (Wildman–Crippen MR) is 82.4 cm³/mol. The lowest BCUT2D eigenvalue weighted by molar-refractivity contribution is -0.136. The number of aryl methyl sites for hydroxylation is 1. The van der Waals surface area contributed by atoms with Gasteiger partial charge in [-0.1, -0.05) is 18.2 Å². The van der Waals surface area contributed by atoms with Crippen LogP contribution in [0.1, 0.15) is 18.4 Å². The van der Waals surface area contributed by atoms with Crippen LogP contribution in [0.2, 0.25) is 0 Å². The first-order valence-corrected chi connectivity index (χ1v) is 7.86. The molecule has 0 bridgehead atoms. The lowest BCUT2D eigenvalue weighted by Crippen LogP contribution is -2.30. The van der Waals surface area contributed by atoms with Crippen LogP contribution in [0.15, 0.2) is 24.3 Å². The van der Waals surface area contributed by atoms with Crippen molar-refractivity contribution in [2.24, 2.45) is 0 Å². The molecule has 1 rings (SSSR count). The van der Waals surface area contributed by atoms with E-state index in [-0.39, 0.29) is 12.5 Å². The molecule has 0 atom stereocenters. The Bertz CT molecular complexity index is 452. The molecule has 0 saturated carbocycles. The van der Waals surface area contributed by atoms with Gasteiger partial charge in [0.25, 0.3) is 0 Å². The number of thioether (sulfide) groups is 1. The van der Waals surface area contributed by atoms with Gasteiger partial charge in [-0.15, -0.1) is 0 Å². The van der Waals surface area contributed by atoms with Crippen molar-refractivity contribution in [3.05, 3.63) is 29.8 Å². The quantitative estimate of drug-likeness (QED) is 0.644. The summed E-state index contributed by atoms with van der Waals surface area (Å²) in [5, 5.41) is 14.3. The molecule has 0 aliphatic rings. The number of benzene rings is 1. The standard InChI is InChI=1S/C14H20N2O3S/c1-20-10-4-9-15-14(19)16-12-6-3-2-5-11(12)7-8-13(17)18/h2-3,5-6H,4,7-10H2,1H3,(H,17,18)(H2,15,16,19). The molecule has 1 aromatic rings. The Morgan fingerprint density at radius 1 is 1.30 bits per heavy atom. The molecule has 20 heavy (non-hydrogen) atoms. The van der Waals surface area contributed by atoms with Crippen LogP contribution in [-0.4, -0.2) is 35.7 Å². The molecule has 1 aromatic carbocycles. The summed E-state index contributed by atoms with van der Waals surface area (Å²) < 4.78 is 0. The molecule has 0 saturated heterocycles. The van der Waals surface area contributed by atoms with Gasteiger partial charge in [0.05, 0.1) is 0 Å². The topological polar surface area (TPSA) is 78.4 Å². The average Bonchev–Trinajstić information content (AvgIpc) is 2.42. The molecule has 0 spiro atoms. The molecular formula is C14H20N2O3S. The molecule has 0 aromatic heterocycles. The predicted octanol–water partition coefficient (Wildman–Crippen LogP) is 2.58. The molecule has 6 heteroatoms. The van der Waals surface area contributed by atoms with E-state index in [4.69, 9.17) is 5.11 Å². The Kier molecular flexibility index (Phi) is 7.57. The molecule has 110 valence electrons. The van der Waals surface area contributed by atoms with Gasteiger partial charge in [0.1, 0.15) is 0 Å². The van der Waals surface area contributed by atoms with Gasteiger partial charge in [-0.05, 0) is 36.5 Å². The molecule has 0 radical (unpaired) electrons. The number of carbonyl (C=O) groups is 2. The first-order chi connectivity index (χ1) is 9.63. The highest BCUT2D eigenvalue weighted by atomic mass is 32.2. The van der Waals surface area contributed by atoms with Gasteiger partial charge >= 0.3 is 12.0 Å². The van der Waals surface area contributed by atoms with Crippen molar-refractivity contribution >= 4 is 29.4 Å². The van der Waals surface area contributed by atoms with Crippen molar-refractivity contribution in [1.29, 1.82) is 0 Å². The summed E-state index contributed by atoms with van der Waals surface area (Å²) in [7, 11) is 0. The third-order valence-electron chi connectivity index (χ3n) is 2.68. The maximum absolute atomic E-state index is 11.7. The highest BCUT2D eigenvalue weighted by Crippen LogP contribution is 2.16. The largest absolute Gasteiger partial charge is 0.481 e. The van der Waals surface area contributed by atoms with Crippen molar-refractivity contribution in [3.63, 3.8) is 0 Å². The van der Waals surface area contributed by atoms with E-state index in [2.05, 4.69) is 10.6 Å². The number of carboxylic acids is 1. The molecule has 0 aliphatic carbocycles. The first kappa shape index (κ1) is 16.4. The summed E-state index contributed by atoms with van der Waals surface area (Å²) in [6.07, 6.45) is 3.40. The summed E-state index contributed by atoms with van der Waals surface area (Å²) in [6.45, 7) is 0.629. The van der Waals surface area contributed by atoms with Gasteiger partial charge in [-0.3, -0.25) is 4.79 Å². The monoisotopic (exact) mass is 296 g/mol. The third kappa shape index (κ3) is 6.47. The fraction of sp³-hybridized carbons (Fsp3) is 0.429. The minimum absolute atomic E-state index is 0.0496. The number of amides is 2. The highest BCUT2D eigenvalue weighted by molar-refractivity contribution is 7.98. The number of carbonyl (C=O) groups excluding carboxylic acids is 1. The van der Waals surface area contributed by atoms with Crippen molar-refractivity contribution in [2.45, 2.75) is 19.3 Å². The molecule has 0 heterocycles. The minimum Gasteiger partial charge on any atom is -0.481 e. The maximum atomic E-state index is 11.7. The summed E-state index contributed by atoms with van der Waals surface area (Å²) in [5.41, 5.74) is 1.49. The zero-order valence-electron chi connectivity index (χ0n) is 11.5. The summed E-state index contributed by atoms with van der Waals surface area (Å²) in [4.78, 5) is 22.3. The van der Waals surface area contributed by atoms with Crippen LogP contribution < -0.4 is 10.6 Å². The van der Waals surface area contributed by atoms with E-state index in [1.54, 1.807) is 17.8 Å². The summed E-state index contributed by atoms with van der Waals surface area (Å²) in [6, 6.07) is 6.99. The van der Waals surface area contributed by atoms with E-state index in [0.717, 1.165) is 17.7 Å². The summed E-state index contributed by atoms with van der Waals surface area (Å²) >= 11 is 1.74. The zero-order valence-corrected chi connectivity index (χ0v) is 12.3. The van der Waals surface area contributed by atoms with E-state index in [1.165, 1.54) is 0 Å². The fourth-order valence-corrected chi connectivity index (χ4v) is 2.12. The number of carboxylic acid groups (broad SMARTS) is 1. The smallest absolute Gasteiger partial charge is 0.319 e. The average molecular weight is 296 g/mol. The van der Waals surface area contributed by atoms with Crippen LogP contribution in [0.5, 0.6) is 0 Å². The van der Waals surface area contributed by atoms with Gasteiger partial charge in [-0.2, -0.15) is 11.8 Å². The van der Waals surface area contributed by atoms with E-state index in [9.17, 15) is 9.59 Å². The molecule has 2 amide bonds. The van der Waals surface area contributed by atoms with Crippen LogP contribution in [-0.2, 0) is 11.2 Å². The minimum atomic E-state index is -0.846. The van der Waals surface area contributed by atoms with Crippen LogP contribution in [0, 0.1) is 0 Å². The van der Waals surface area contributed by atoms with E-state index in [0.29, 0.717) is 18.7 Å². The number of rotatable bonds is 8. The molecular weight excluding hydrogens is 276 g/mol. The van der Waals surface area contributed by atoms with Crippen LogP contribution >= 0.6 is 11.8 Å². The Labute approximate surface area is 123 Å². The number of hydrogen-bond donors (Lipinski definition) is 3. The molecule has 5 nitrogen and oxygen atoms in total. The van der Waals surface area contributed by atoms with Gasteiger partial charge in [0.15, 0.2) is 0 Å². The lowest BCUT2D eigenvalue weighted by Gasteiger charge is -2.11. The van der Waals surface area contributed by atoms with Crippen LogP contribution in [0.25, 0.3) is 0 Å². The molecule has 3 N–H and O–H groups in total. The maximum Gasteiger partial charge on any atom is 0.319 e. The van der Waals surface area contributed by atoms with Gasteiger partial charge < -0.3 is 15.7 Å². The van der Waals surface area contributed by atoms with Crippen LogP contribution in [0.4, 0.5) is 10.5 Å². The number of aliphatic carboxylic acids is 1. The third-order valence-corrected chi connectivity index (χ3v) is 3.38. The van der Waals surface area contributed by atoms with Crippen molar-refractivity contribution in [2.75, 3.05) is 23.9 Å². The number of urea groups is 1. The van der Waals surface area contributed by atoms with E-state index >= 15 is 0 Å². The van der Waals surface area contributed by atoms with Gasteiger partial charge in [-0.25, -0.2) is 4.79 Å². The van der Waals surface area contributed by atoms with Crippen molar-refractivity contribution in [3.8, 4) is 0 Å². The highest BCUT2D eigenvalue weighted by Gasteiger charge is 2.07. The van der Waals surface area contributed by atoms with E-state index < -0.39 is 5.97 Å². The zero-order chi connectivity index (χ0) is 14.8. The number of hydrogen-bond acceptors (Lipinski definition) is 3. The first-order valence-electron chi connectivity index (χ1n) is 6.47. The Morgan fingerprint density at radius 3 is 2.75 bits per heavy atom. The fourth-order valence-electron chi connectivity index (χ4n) is 1.69. The summed E-state index contributed by atoms with van der Waals surface area (Å²) in [5.74, 6) is 0.163. The normalized spacial score (nSPS) is 10.1. The molecule has 0 fully saturated rings. The second-order valence-electron chi connectivity index (χ2n) is 4.28. The van der Waals surface area contributed by atoms with Crippen LogP contribution in [0.3, 0.4) is 0 Å². The van der Waals surface area contributed by atoms with Crippen molar-refractivity contribution < 1.29 is 14.7 Å². The van der Waals surface area contributed by atoms with Crippen molar-refractivity contribution in [1.82, 2.24) is 5.32 Å². The Balaban J connectivity index is 2.49. The number of para-hydroxylation sites is 1. The Hall–Kier alpha value is -1.69.